The first-order valence-electron chi connectivity index (χ1n) is 5.52. The molecule has 0 aliphatic heterocycles. The Kier molecular flexibility index (Phi) is 4.93. The molecule has 2 unspecified atom stereocenters. The predicted octanol–water partition coefficient (Wildman–Crippen LogP) is 0.225. The first-order valence-corrected chi connectivity index (χ1v) is 5.52. The van der Waals surface area contributed by atoms with Crippen molar-refractivity contribution in [2.24, 2.45) is 5.73 Å². The van der Waals surface area contributed by atoms with Gasteiger partial charge in [-0.3, -0.25) is 4.79 Å². The van der Waals surface area contributed by atoms with E-state index >= 15 is 0 Å². The van der Waals surface area contributed by atoms with Crippen molar-refractivity contribution in [2.45, 2.75) is 19.1 Å². The normalized spacial score (nSPS) is 14.1. The smallest absolute Gasteiger partial charge is 0.236 e. The molecule has 2 atom stereocenters. The number of aliphatic hydroxyl groups is 1. The molecule has 0 saturated carbocycles. The molecule has 0 heterocycles. The van der Waals surface area contributed by atoms with Gasteiger partial charge in [-0.2, -0.15) is 0 Å². The number of primary amides is 1. The Morgan fingerprint density at radius 2 is 2.12 bits per heavy atom. The number of hydrogen-bond acceptors (Lipinski definition) is 4. The minimum absolute atomic E-state index is 0.0532. The van der Waals surface area contributed by atoms with Crippen molar-refractivity contribution in [3.05, 3.63) is 29.8 Å². The van der Waals surface area contributed by atoms with Crippen LogP contribution < -0.4 is 16.4 Å². The van der Waals surface area contributed by atoms with Crippen molar-refractivity contribution in [2.75, 3.05) is 18.9 Å². The summed E-state index contributed by atoms with van der Waals surface area (Å²) < 4.78 is 0. The SMILES string of the molecule is CNC(C)C(O)c1ccccc1NCC(N)=O. The number of likely N-dealkylation sites (N-methyl/N-ethyl adjacent to an activating group) is 1. The molecule has 0 aliphatic rings. The van der Waals surface area contributed by atoms with E-state index in [9.17, 15) is 9.90 Å². The van der Waals surface area contributed by atoms with Gasteiger partial charge in [-0.05, 0) is 20.0 Å². The summed E-state index contributed by atoms with van der Waals surface area (Å²) in [5.74, 6) is -0.434. The molecule has 5 heteroatoms. The summed E-state index contributed by atoms with van der Waals surface area (Å²) in [5, 5.41) is 16.0. The Bertz CT molecular complexity index is 382. The molecule has 0 aromatic heterocycles. The number of anilines is 1. The maximum atomic E-state index is 10.7. The number of rotatable bonds is 6. The van der Waals surface area contributed by atoms with E-state index < -0.39 is 12.0 Å². The number of benzene rings is 1. The van der Waals surface area contributed by atoms with E-state index in [-0.39, 0.29) is 12.6 Å². The Hall–Kier alpha value is -1.59. The van der Waals surface area contributed by atoms with Gasteiger partial charge < -0.3 is 21.5 Å². The van der Waals surface area contributed by atoms with Crippen LogP contribution in [0.3, 0.4) is 0 Å². The lowest BCUT2D eigenvalue weighted by Crippen LogP contribution is -2.29. The van der Waals surface area contributed by atoms with Gasteiger partial charge in [-0.1, -0.05) is 18.2 Å². The molecule has 94 valence electrons. The first kappa shape index (κ1) is 13.5. The van der Waals surface area contributed by atoms with Crippen molar-refractivity contribution < 1.29 is 9.90 Å². The minimum atomic E-state index is -0.642. The molecule has 1 amide bonds. The molecule has 1 aromatic carbocycles. The predicted molar refractivity (Wildman–Crippen MR) is 67.6 cm³/mol. The highest BCUT2D eigenvalue weighted by atomic mass is 16.3. The highest BCUT2D eigenvalue weighted by Crippen LogP contribution is 2.24. The summed E-state index contributed by atoms with van der Waals surface area (Å²) in [6, 6.07) is 7.23. The number of carbonyl (C=O) groups is 1. The minimum Gasteiger partial charge on any atom is -0.387 e. The highest BCUT2D eigenvalue weighted by molar-refractivity contribution is 5.79. The molecule has 0 fully saturated rings. The fraction of sp³-hybridized carbons (Fsp3) is 0.417. The zero-order valence-electron chi connectivity index (χ0n) is 10.1. The van der Waals surface area contributed by atoms with Gasteiger partial charge in [0.25, 0.3) is 0 Å². The van der Waals surface area contributed by atoms with Crippen LogP contribution in [0, 0.1) is 0 Å². The highest BCUT2D eigenvalue weighted by Gasteiger charge is 2.17. The second-order valence-corrected chi connectivity index (χ2v) is 3.93. The molecule has 0 radical (unpaired) electrons. The average Bonchev–Trinajstić information content (AvgIpc) is 2.34. The third-order valence-corrected chi connectivity index (χ3v) is 2.66. The van der Waals surface area contributed by atoms with Gasteiger partial charge in [0.05, 0.1) is 12.6 Å². The summed E-state index contributed by atoms with van der Waals surface area (Å²) in [6.07, 6.45) is -0.642. The number of nitrogens with two attached hydrogens (primary N) is 1. The quantitative estimate of drug-likeness (QED) is 0.570. The summed E-state index contributed by atoms with van der Waals surface area (Å²) in [7, 11) is 1.79. The van der Waals surface area contributed by atoms with E-state index in [0.717, 1.165) is 11.3 Å². The number of nitrogens with one attached hydrogen (secondary N) is 2. The van der Waals surface area contributed by atoms with Crippen molar-refractivity contribution in [1.29, 1.82) is 0 Å². The maximum Gasteiger partial charge on any atom is 0.236 e. The largest absolute Gasteiger partial charge is 0.387 e. The monoisotopic (exact) mass is 237 g/mol. The molecule has 17 heavy (non-hydrogen) atoms. The lowest BCUT2D eigenvalue weighted by Gasteiger charge is -2.21. The fourth-order valence-electron chi connectivity index (χ4n) is 1.53. The molecule has 0 bridgehead atoms. The molecule has 0 aliphatic carbocycles. The molecular weight excluding hydrogens is 218 g/mol. The van der Waals surface area contributed by atoms with Crippen LogP contribution in [0.15, 0.2) is 24.3 Å². The average molecular weight is 237 g/mol. The summed E-state index contributed by atoms with van der Waals surface area (Å²) in [5.41, 5.74) is 6.55. The Morgan fingerprint density at radius 3 is 2.71 bits per heavy atom. The van der Waals surface area contributed by atoms with Crippen LogP contribution in [0.5, 0.6) is 0 Å². The van der Waals surface area contributed by atoms with Gasteiger partial charge in [-0.15, -0.1) is 0 Å². The van der Waals surface area contributed by atoms with Gasteiger partial charge in [0.15, 0.2) is 0 Å². The van der Waals surface area contributed by atoms with Crippen molar-refractivity contribution in [3.8, 4) is 0 Å². The molecule has 1 aromatic rings. The van der Waals surface area contributed by atoms with Gasteiger partial charge >= 0.3 is 0 Å². The fourth-order valence-corrected chi connectivity index (χ4v) is 1.53. The second kappa shape index (κ2) is 6.22. The van der Waals surface area contributed by atoms with E-state index in [4.69, 9.17) is 5.73 Å². The van der Waals surface area contributed by atoms with Crippen LogP contribution in [0.2, 0.25) is 0 Å². The van der Waals surface area contributed by atoms with Crippen LogP contribution in [-0.4, -0.2) is 30.6 Å². The van der Waals surface area contributed by atoms with Gasteiger partial charge in [0, 0.05) is 17.3 Å². The standard InChI is InChI=1S/C12H19N3O2/c1-8(14-2)12(17)9-5-3-4-6-10(9)15-7-11(13)16/h3-6,8,12,14-15,17H,7H2,1-2H3,(H2,13,16). The topological polar surface area (TPSA) is 87.4 Å². The van der Waals surface area contributed by atoms with E-state index in [1.807, 2.05) is 31.2 Å². The van der Waals surface area contributed by atoms with Gasteiger partial charge in [0.2, 0.25) is 5.91 Å². The summed E-state index contributed by atoms with van der Waals surface area (Å²) in [6.45, 7) is 1.94. The third-order valence-electron chi connectivity index (χ3n) is 2.66. The summed E-state index contributed by atoms with van der Waals surface area (Å²) in [4.78, 5) is 10.7. The van der Waals surface area contributed by atoms with Crippen molar-refractivity contribution in [3.63, 3.8) is 0 Å². The Labute approximate surface area is 101 Å². The molecule has 0 saturated heterocycles. The van der Waals surface area contributed by atoms with Crippen LogP contribution in [0.4, 0.5) is 5.69 Å². The van der Waals surface area contributed by atoms with Crippen molar-refractivity contribution >= 4 is 11.6 Å². The summed E-state index contributed by atoms with van der Waals surface area (Å²) >= 11 is 0. The van der Waals surface area contributed by atoms with E-state index in [0.29, 0.717) is 0 Å². The number of para-hydroxylation sites is 1. The van der Waals surface area contributed by atoms with Gasteiger partial charge in [0.1, 0.15) is 0 Å². The maximum absolute atomic E-state index is 10.7. The second-order valence-electron chi connectivity index (χ2n) is 3.93. The van der Waals surface area contributed by atoms with E-state index in [2.05, 4.69) is 10.6 Å². The zero-order chi connectivity index (χ0) is 12.8. The zero-order valence-corrected chi connectivity index (χ0v) is 10.1. The molecule has 0 spiro atoms. The number of amides is 1. The lowest BCUT2D eigenvalue weighted by atomic mass is 10.0. The lowest BCUT2D eigenvalue weighted by molar-refractivity contribution is -0.116. The third kappa shape index (κ3) is 3.72. The van der Waals surface area contributed by atoms with Crippen molar-refractivity contribution in [1.82, 2.24) is 5.32 Å². The van der Waals surface area contributed by atoms with Crippen LogP contribution in [0.25, 0.3) is 0 Å². The first-order chi connectivity index (χ1) is 8.06. The molecule has 1 rings (SSSR count). The number of aliphatic hydroxyl groups excluding tert-OH is 1. The Balaban J connectivity index is 2.87. The Morgan fingerprint density at radius 1 is 1.47 bits per heavy atom. The van der Waals surface area contributed by atoms with Crippen LogP contribution in [0.1, 0.15) is 18.6 Å². The van der Waals surface area contributed by atoms with Crippen LogP contribution in [-0.2, 0) is 4.79 Å². The van der Waals surface area contributed by atoms with Gasteiger partial charge in [-0.25, -0.2) is 0 Å². The number of hydrogen-bond donors (Lipinski definition) is 4. The van der Waals surface area contributed by atoms with E-state index in [1.165, 1.54) is 0 Å². The van der Waals surface area contributed by atoms with Crippen LogP contribution >= 0.6 is 0 Å². The van der Waals surface area contributed by atoms with E-state index in [1.54, 1.807) is 7.05 Å². The molecule has 5 nitrogen and oxygen atoms in total. The molecule has 5 N–H and O–H groups in total. The number of carbonyl (C=O) groups excluding carboxylic acids is 1. The molecular formula is C12H19N3O2.